The van der Waals surface area contributed by atoms with Gasteiger partial charge < -0.3 is 5.32 Å². The van der Waals surface area contributed by atoms with Crippen molar-refractivity contribution in [2.24, 2.45) is 5.92 Å². The summed E-state index contributed by atoms with van der Waals surface area (Å²) in [6.45, 7) is 11.5. The Morgan fingerprint density at radius 2 is 2.13 bits per heavy atom. The Balaban J connectivity index is 2.31. The van der Waals surface area contributed by atoms with Crippen molar-refractivity contribution in [2.45, 2.75) is 26.2 Å². The maximum atomic E-state index is 5.88. The lowest BCUT2D eigenvalue weighted by Crippen LogP contribution is -2.37. The molecule has 1 heterocycles. The van der Waals surface area contributed by atoms with Crippen LogP contribution >= 0.6 is 11.6 Å². The minimum atomic E-state index is 0.761. The average Bonchev–Trinajstić information content (AvgIpc) is 2.18. The van der Waals surface area contributed by atoms with E-state index >= 15 is 0 Å². The van der Waals surface area contributed by atoms with Gasteiger partial charge in [0.05, 0.1) is 0 Å². The van der Waals surface area contributed by atoms with Gasteiger partial charge in [0, 0.05) is 18.1 Å². The van der Waals surface area contributed by atoms with E-state index in [0.717, 1.165) is 24.0 Å². The van der Waals surface area contributed by atoms with Gasteiger partial charge in [-0.3, -0.25) is 4.90 Å². The standard InChI is InChI=1S/C12H23ClN2/c1-3-8-15(9-11(2)13)10-12-4-6-14-7-5-12/h12,14H,2-10H2,1H3. The monoisotopic (exact) mass is 230 g/mol. The number of nitrogens with zero attached hydrogens (tertiary/aromatic N) is 1. The van der Waals surface area contributed by atoms with E-state index in [2.05, 4.69) is 23.7 Å². The molecule has 0 aromatic rings. The number of halogens is 1. The van der Waals surface area contributed by atoms with Gasteiger partial charge in [-0.25, -0.2) is 0 Å². The Hall–Kier alpha value is -0.0500. The van der Waals surface area contributed by atoms with Gasteiger partial charge in [-0.05, 0) is 44.8 Å². The summed E-state index contributed by atoms with van der Waals surface area (Å²) in [7, 11) is 0. The topological polar surface area (TPSA) is 15.3 Å². The van der Waals surface area contributed by atoms with E-state index in [1.54, 1.807) is 0 Å². The van der Waals surface area contributed by atoms with Gasteiger partial charge in [0.2, 0.25) is 0 Å². The second-order valence-electron chi connectivity index (χ2n) is 4.45. The van der Waals surface area contributed by atoms with Crippen LogP contribution in [0.15, 0.2) is 11.6 Å². The summed E-state index contributed by atoms with van der Waals surface area (Å²) in [6, 6.07) is 0. The first-order chi connectivity index (χ1) is 7.22. The molecule has 0 aliphatic carbocycles. The van der Waals surface area contributed by atoms with Crippen molar-refractivity contribution in [2.75, 3.05) is 32.7 Å². The fourth-order valence-electron chi connectivity index (χ4n) is 2.22. The molecule has 0 spiro atoms. The predicted molar refractivity (Wildman–Crippen MR) is 67.3 cm³/mol. The lowest BCUT2D eigenvalue weighted by Gasteiger charge is -2.29. The molecule has 2 nitrogen and oxygen atoms in total. The second-order valence-corrected chi connectivity index (χ2v) is 4.98. The van der Waals surface area contributed by atoms with Crippen molar-refractivity contribution in [1.82, 2.24) is 10.2 Å². The minimum absolute atomic E-state index is 0.761. The van der Waals surface area contributed by atoms with E-state index in [-0.39, 0.29) is 0 Å². The fourth-order valence-corrected chi connectivity index (χ4v) is 2.39. The zero-order valence-electron chi connectivity index (χ0n) is 9.77. The molecule has 1 rings (SSSR count). The van der Waals surface area contributed by atoms with Crippen molar-refractivity contribution in [3.63, 3.8) is 0 Å². The second kappa shape index (κ2) is 7.26. The molecule has 0 atom stereocenters. The minimum Gasteiger partial charge on any atom is -0.317 e. The maximum absolute atomic E-state index is 5.88. The van der Waals surface area contributed by atoms with Crippen LogP contribution in [-0.4, -0.2) is 37.6 Å². The molecule has 1 aliphatic rings. The van der Waals surface area contributed by atoms with Gasteiger partial charge >= 0.3 is 0 Å². The molecule has 0 aromatic heterocycles. The number of rotatable bonds is 6. The van der Waals surface area contributed by atoms with Gasteiger partial charge in [-0.2, -0.15) is 0 Å². The first-order valence-electron chi connectivity index (χ1n) is 5.98. The Bertz CT molecular complexity index is 188. The first kappa shape index (κ1) is 13.0. The molecule has 15 heavy (non-hydrogen) atoms. The number of hydrogen-bond acceptors (Lipinski definition) is 2. The van der Waals surface area contributed by atoms with E-state index in [1.165, 1.54) is 38.9 Å². The van der Waals surface area contributed by atoms with E-state index in [9.17, 15) is 0 Å². The van der Waals surface area contributed by atoms with Gasteiger partial charge in [0.1, 0.15) is 0 Å². The van der Waals surface area contributed by atoms with Crippen molar-refractivity contribution < 1.29 is 0 Å². The van der Waals surface area contributed by atoms with Crippen molar-refractivity contribution in [3.8, 4) is 0 Å². The highest BCUT2D eigenvalue weighted by atomic mass is 35.5. The summed E-state index contributed by atoms with van der Waals surface area (Å²) in [5, 5.41) is 4.16. The third-order valence-corrected chi connectivity index (χ3v) is 3.03. The van der Waals surface area contributed by atoms with Crippen LogP contribution in [0.3, 0.4) is 0 Å². The van der Waals surface area contributed by atoms with Crippen LogP contribution in [0.5, 0.6) is 0 Å². The van der Waals surface area contributed by atoms with Crippen LogP contribution in [0.1, 0.15) is 26.2 Å². The molecular weight excluding hydrogens is 208 g/mol. The van der Waals surface area contributed by atoms with E-state index in [4.69, 9.17) is 11.6 Å². The summed E-state index contributed by atoms with van der Waals surface area (Å²) in [4.78, 5) is 2.44. The van der Waals surface area contributed by atoms with Crippen LogP contribution in [0.25, 0.3) is 0 Å². The predicted octanol–water partition coefficient (Wildman–Crippen LogP) is 2.45. The quantitative estimate of drug-likeness (QED) is 0.754. The number of piperidine rings is 1. The molecule has 1 fully saturated rings. The average molecular weight is 231 g/mol. The molecule has 0 bridgehead atoms. The molecule has 1 aliphatic heterocycles. The van der Waals surface area contributed by atoms with Gasteiger partial charge in [-0.15, -0.1) is 0 Å². The largest absolute Gasteiger partial charge is 0.317 e. The molecule has 0 aromatic carbocycles. The summed E-state index contributed by atoms with van der Waals surface area (Å²) in [5.74, 6) is 0.841. The smallest absolute Gasteiger partial charge is 0.0335 e. The highest BCUT2D eigenvalue weighted by Crippen LogP contribution is 2.14. The maximum Gasteiger partial charge on any atom is 0.0335 e. The Labute approximate surface area is 98.7 Å². The van der Waals surface area contributed by atoms with Crippen LogP contribution in [-0.2, 0) is 0 Å². The van der Waals surface area contributed by atoms with Gasteiger partial charge in [-0.1, -0.05) is 25.1 Å². The summed E-state index contributed by atoms with van der Waals surface area (Å²) in [6.07, 6.45) is 3.79. The third-order valence-electron chi connectivity index (χ3n) is 2.91. The van der Waals surface area contributed by atoms with E-state index in [1.807, 2.05) is 0 Å². The number of hydrogen-bond donors (Lipinski definition) is 1. The molecule has 0 unspecified atom stereocenters. The summed E-state index contributed by atoms with van der Waals surface area (Å²) in [5.41, 5.74) is 0. The van der Waals surface area contributed by atoms with Crippen LogP contribution in [0, 0.1) is 5.92 Å². The summed E-state index contributed by atoms with van der Waals surface area (Å²) < 4.78 is 0. The lowest BCUT2D eigenvalue weighted by molar-refractivity contribution is 0.221. The van der Waals surface area contributed by atoms with Gasteiger partial charge in [0.15, 0.2) is 0 Å². The van der Waals surface area contributed by atoms with Crippen molar-refractivity contribution in [3.05, 3.63) is 11.6 Å². The highest BCUT2D eigenvalue weighted by Gasteiger charge is 2.16. The molecule has 1 saturated heterocycles. The summed E-state index contributed by atoms with van der Waals surface area (Å²) >= 11 is 5.88. The SMILES string of the molecule is C=C(Cl)CN(CCC)CC1CCNCC1. The molecule has 0 radical (unpaired) electrons. The Morgan fingerprint density at radius 3 is 2.67 bits per heavy atom. The zero-order chi connectivity index (χ0) is 11.1. The normalized spacial score (nSPS) is 18.3. The third kappa shape index (κ3) is 5.55. The number of nitrogens with one attached hydrogen (secondary N) is 1. The highest BCUT2D eigenvalue weighted by molar-refractivity contribution is 6.29. The fraction of sp³-hybridized carbons (Fsp3) is 0.833. The lowest BCUT2D eigenvalue weighted by atomic mass is 9.97. The molecule has 0 saturated carbocycles. The zero-order valence-corrected chi connectivity index (χ0v) is 10.5. The van der Waals surface area contributed by atoms with Crippen LogP contribution < -0.4 is 5.32 Å². The van der Waals surface area contributed by atoms with Gasteiger partial charge in [0.25, 0.3) is 0 Å². The van der Waals surface area contributed by atoms with Crippen molar-refractivity contribution in [1.29, 1.82) is 0 Å². The Kier molecular flexibility index (Phi) is 6.30. The van der Waals surface area contributed by atoms with E-state index in [0.29, 0.717) is 0 Å². The first-order valence-corrected chi connectivity index (χ1v) is 6.36. The molecule has 3 heteroatoms. The van der Waals surface area contributed by atoms with Crippen LogP contribution in [0.4, 0.5) is 0 Å². The molecule has 88 valence electrons. The Morgan fingerprint density at radius 1 is 1.47 bits per heavy atom. The molecule has 0 amide bonds. The van der Waals surface area contributed by atoms with E-state index < -0.39 is 0 Å². The molecular formula is C12H23ClN2. The molecule has 1 N–H and O–H groups in total. The van der Waals surface area contributed by atoms with Crippen molar-refractivity contribution >= 4 is 11.6 Å². The van der Waals surface area contributed by atoms with Crippen LogP contribution in [0.2, 0.25) is 0 Å².